The molecule has 0 aromatic carbocycles. The van der Waals surface area contributed by atoms with Crippen LogP contribution in [0.4, 0.5) is 0 Å². The van der Waals surface area contributed by atoms with Crippen LogP contribution in [0.5, 0.6) is 0 Å². The Morgan fingerprint density at radius 1 is 1.38 bits per heavy atom. The van der Waals surface area contributed by atoms with Gasteiger partial charge in [-0.15, -0.1) is 5.10 Å². The molecule has 1 aliphatic rings. The van der Waals surface area contributed by atoms with Gasteiger partial charge in [-0.05, 0) is 31.3 Å². The SMILES string of the molecule is CC1CC(C(=O)O)CCN1C(=O)c1snnc1C(C)(C)C. The Labute approximate surface area is 128 Å². The van der Waals surface area contributed by atoms with Crippen molar-refractivity contribution in [2.45, 2.75) is 52.0 Å². The van der Waals surface area contributed by atoms with Crippen molar-refractivity contribution in [2.24, 2.45) is 5.92 Å². The number of carboxylic acid groups (broad SMARTS) is 1. The van der Waals surface area contributed by atoms with Crippen LogP contribution in [0.3, 0.4) is 0 Å². The van der Waals surface area contributed by atoms with Gasteiger partial charge in [-0.2, -0.15) is 0 Å². The first-order valence-electron chi connectivity index (χ1n) is 7.08. The first-order chi connectivity index (χ1) is 9.71. The molecule has 1 aliphatic heterocycles. The number of nitrogens with zero attached hydrogens (tertiary/aromatic N) is 3. The average molecular weight is 311 g/mol. The van der Waals surface area contributed by atoms with Crippen molar-refractivity contribution in [3.8, 4) is 0 Å². The molecule has 1 amide bonds. The van der Waals surface area contributed by atoms with Crippen molar-refractivity contribution in [3.63, 3.8) is 0 Å². The van der Waals surface area contributed by atoms with Gasteiger partial charge in [0.05, 0.1) is 11.6 Å². The highest BCUT2D eigenvalue weighted by Crippen LogP contribution is 2.30. The Morgan fingerprint density at radius 3 is 2.57 bits per heavy atom. The minimum absolute atomic E-state index is 0.0775. The molecular weight excluding hydrogens is 290 g/mol. The lowest BCUT2D eigenvalue weighted by Gasteiger charge is -2.36. The van der Waals surface area contributed by atoms with Gasteiger partial charge in [0.1, 0.15) is 4.88 Å². The van der Waals surface area contributed by atoms with Gasteiger partial charge in [0, 0.05) is 18.0 Å². The summed E-state index contributed by atoms with van der Waals surface area (Å²) in [5, 5.41) is 13.2. The van der Waals surface area contributed by atoms with Crippen molar-refractivity contribution < 1.29 is 14.7 Å². The molecule has 1 aromatic rings. The molecule has 0 spiro atoms. The number of aromatic nitrogens is 2. The van der Waals surface area contributed by atoms with E-state index < -0.39 is 5.97 Å². The van der Waals surface area contributed by atoms with E-state index in [0.29, 0.717) is 30.0 Å². The first kappa shape index (κ1) is 15.9. The van der Waals surface area contributed by atoms with E-state index in [2.05, 4.69) is 9.59 Å². The molecule has 21 heavy (non-hydrogen) atoms. The Kier molecular flexibility index (Phi) is 4.32. The lowest BCUT2D eigenvalue weighted by molar-refractivity contribution is -0.143. The maximum Gasteiger partial charge on any atom is 0.306 e. The van der Waals surface area contributed by atoms with Gasteiger partial charge in [-0.3, -0.25) is 9.59 Å². The van der Waals surface area contributed by atoms with Crippen LogP contribution in [0, 0.1) is 5.92 Å². The van der Waals surface area contributed by atoms with Gasteiger partial charge in [-0.25, -0.2) is 0 Å². The van der Waals surface area contributed by atoms with Crippen LogP contribution >= 0.6 is 11.5 Å². The molecule has 1 fully saturated rings. The van der Waals surface area contributed by atoms with Crippen LogP contribution in [0.1, 0.15) is 55.9 Å². The van der Waals surface area contributed by atoms with Crippen LogP contribution in [-0.2, 0) is 10.2 Å². The number of piperidine rings is 1. The number of hydrogen-bond acceptors (Lipinski definition) is 5. The van der Waals surface area contributed by atoms with E-state index in [4.69, 9.17) is 5.11 Å². The van der Waals surface area contributed by atoms with Crippen molar-refractivity contribution in [1.29, 1.82) is 0 Å². The molecule has 116 valence electrons. The molecule has 1 N–H and O–H groups in total. The fourth-order valence-corrected chi connectivity index (χ4v) is 3.48. The minimum Gasteiger partial charge on any atom is -0.481 e. The van der Waals surface area contributed by atoms with Gasteiger partial charge >= 0.3 is 5.97 Å². The van der Waals surface area contributed by atoms with Gasteiger partial charge in [-0.1, -0.05) is 25.3 Å². The van der Waals surface area contributed by atoms with Gasteiger partial charge < -0.3 is 10.0 Å². The second-order valence-electron chi connectivity index (χ2n) is 6.61. The zero-order valence-electron chi connectivity index (χ0n) is 12.8. The average Bonchev–Trinajstić information content (AvgIpc) is 2.86. The molecule has 1 aromatic heterocycles. The van der Waals surface area contributed by atoms with Crippen molar-refractivity contribution in [2.75, 3.05) is 6.54 Å². The smallest absolute Gasteiger partial charge is 0.306 e. The van der Waals surface area contributed by atoms with Crippen molar-refractivity contribution in [3.05, 3.63) is 10.6 Å². The van der Waals surface area contributed by atoms with E-state index in [-0.39, 0.29) is 23.3 Å². The number of amides is 1. The summed E-state index contributed by atoms with van der Waals surface area (Å²) in [6.45, 7) is 8.37. The topological polar surface area (TPSA) is 83.4 Å². The molecular formula is C14H21N3O3S. The summed E-state index contributed by atoms with van der Waals surface area (Å²) in [5.74, 6) is -1.21. The molecule has 1 saturated heterocycles. The Morgan fingerprint density at radius 2 is 2.05 bits per heavy atom. The Bertz CT molecular complexity index is 550. The second kappa shape index (κ2) is 5.71. The van der Waals surface area contributed by atoms with Crippen LogP contribution in [0.2, 0.25) is 0 Å². The summed E-state index contributed by atoms with van der Waals surface area (Å²) in [5.41, 5.74) is 0.478. The number of carbonyl (C=O) groups is 2. The summed E-state index contributed by atoms with van der Waals surface area (Å²) in [7, 11) is 0. The van der Waals surface area contributed by atoms with Crippen molar-refractivity contribution in [1.82, 2.24) is 14.5 Å². The fourth-order valence-electron chi connectivity index (χ4n) is 2.65. The molecule has 2 atom stereocenters. The normalized spacial score (nSPS) is 23.1. The lowest BCUT2D eigenvalue weighted by Crippen LogP contribution is -2.46. The number of carbonyl (C=O) groups excluding carboxylic acids is 1. The monoisotopic (exact) mass is 311 g/mol. The Hall–Kier alpha value is -1.50. The highest BCUT2D eigenvalue weighted by Gasteiger charge is 2.35. The zero-order valence-corrected chi connectivity index (χ0v) is 13.6. The summed E-state index contributed by atoms with van der Waals surface area (Å²) >= 11 is 1.12. The molecule has 0 bridgehead atoms. The predicted molar refractivity (Wildman–Crippen MR) is 79.5 cm³/mol. The quantitative estimate of drug-likeness (QED) is 0.905. The van der Waals surface area contributed by atoms with E-state index in [1.54, 1.807) is 4.90 Å². The third kappa shape index (κ3) is 3.23. The van der Waals surface area contributed by atoms with E-state index in [9.17, 15) is 9.59 Å². The highest BCUT2D eigenvalue weighted by molar-refractivity contribution is 7.08. The number of carboxylic acids is 1. The van der Waals surface area contributed by atoms with E-state index in [0.717, 1.165) is 11.5 Å². The third-order valence-electron chi connectivity index (χ3n) is 3.88. The van der Waals surface area contributed by atoms with E-state index >= 15 is 0 Å². The molecule has 0 radical (unpaired) electrons. The molecule has 2 heterocycles. The maximum atomic E-state index is 12.7. The first-order valence-corrected chi connectivity index (χ1v) is 7.85. The minimum atomic E-state index is -0.774. The largest absolute Gasteiger partial charge is 0.481 e. The summed E-state index contributed by atoms with van der Waals surface area (Å²) in [6.07, 6.45) is 1.00. The van der Waals surface area contributed by atoms with E-state index in [1.165, 1.54) is 0 Å². The maximum absolute atomic E-state index is 12.7. The van der Waals surface area contributed by atoms with E-state index in [1.807, 2.05) is 27.7 Å². The van der Waals surface area contributed by atoms with Crippen LogP contribution < -0.4 is 0 Å². The number of rotatable bonds is 2. The number of likely N-dealkylation sites (tertiary alicyclic amines) is 1. The molecule has 0 saturated carbocycles. The molecule has 7 heteroatoms. The molecule has 2 rings (SSSR count). The van der Waals surface area contributed by atoms with Gasteiger partial charge in [0.25, 0.3) is 5.91 Å². The zero-order chi connectivity index (χ0) is 15.8. The molecule has 0 aliphatic carbocycles. The van der Waals surface area contributed by atoms with Crippen molar-refractivity contribution >= 4 is 23.4 Å². The summed E-state index contributed by atoms with van der Waals surface area (Å²) in [6, 6.07) is -0.0812. The highest BCUT2D eigenvalue weighted by atomic mass is 32.1. The fraction of sp³-hybridized carbons (Fsp3) is 0.714. The second-order valence-corrected chi connectivity index (χ2v) is 7.36. The standard InChI is InChI=1S/C14H21N3O3S/c1-8-7-9(13(19)20)5-6-17(8)12(18)10-11(14(2,3)4)15-16-21-10/h8-9H,5-7H2,1-4H3,(H,19,20). The molecule has 6 nitrogen and oxygen atoms in total. The van der Waals surface area contributed by atoms with Gasteiger partial charge in [0.15, 0.2) is 0 Å². The number of aliphatic carboxylic acids is 1. The number of hydrogen-bond donors (Lipinski definition) is 1. The third-order valence-corrected chi connectivity index (χ3v) is 4.59. The lowest BCUT2D eigenvalue weighted by atomic mass is 9.89. The van der Waals surface area contributed by atoms with Crippen LogP contribution in [0.25, 0.3) is 0 Å². The van der Waals surface area contributed by atoms with Crippen LogP contribution in [-0.4, -0.2) is 44.1 Å². The summed E-state index contributed by atoms with van der Waals surface area (Å²) < 4.78 is 3.92. The predicted octanol–water partition coefficient (Wildman–Crippen LogP) is 2.16. The summed E-state index contributed by atoms with van der Waals surface area (Å²) in [4.78, 5) is 26.1. The Balaban J connectivity index is 2.18. The molecule has 2 unspecified atom stereocenters. The van der Waals surface area contributed by atoms with Gasteiger partial charge in [0.2, 0.25) is 0 Å². The van der Waals surface area contributed by atoms with Crippen LogP contribution in [0.15, 0.2) is 0 Å².